The van der Waals surface area contributed by atoms with Crippen molar-refractivity contribution in [2.75, 3.05) is 45.1 Å². The van der Waals surface area contributed by atoms with Crippen molar-refractivity contribution in [2.45, 2.75) is 51.2 Å². The van der Waals surface area contributed by atoms with Crippen LogP contribution >= 0.6 is 0 Å². The van der Waals surface area contributed by atoms with Crippen LogP contribution in [0.5, 0.6) is 0 Å². The van der Waals surface area contributed by atoms with E-state index in [-0.39, 0.29) is 12.3 Å². The zero-order valence-electron chi connectivity index (χ0n) is 18.5. The monoisotopic (exact) mass is 443 g/mol. The van der Waals surface area contributed by atoms with Gasteiger partial charge < -0.3 is 25.4 Å². The Kier molecular flexibility index (Phi) is 6.40. The number of nitrogen functional groups attached to an aromatic ring is 1. The number of hydrogen-bond acceptors (Lipinski definition) is 8. The SMILES string of the molecule is Nc1nc(CCC2CCN(C(=O)OCC3CCNC3)CC2)nc2c1ncn2[C@H]1CCCO1. The molecule has 2 atom stereocenters. The number of aromatic nitrogens is 4. The van der Waals surface area contributed by atoms with Gasteiger partial charge in [0.05, 0.1) is 12.9 Å². The molecule has 10 heteroatoms. The minimum absolute atomic E-state index is 0.0174. The van der Waals surface area contributed by atoms with Crippen LogP contribution in [0.4, 0.5) is 10.6 Å². The van der Waals surface area contributed by atoms with Crippen molar-refractivity contribution in [2.24, 2.45) is 11.8 Å². The molecule has 1 amide bonds. The number of rotatable bonds is 6. The van der Waals surface area contributed by atoms with Crippen molar-refractivity contribution >= 4 is 23.1 Å². The zero-order valence-corrected chi connectivity index (χ0v) is 18.5. The minimum atomic E-state index is -0.167. The van der Waals surface area contributed by atoms with Crippen molar-refractivity contribution in [3.05, 3.63) is 12.2 Å². The predicted molar refractivity (Wildman–Crippen MR) is 119 cm³/mol. The fourth-order valence-corrected chi connectivity index (χ4v) is 4.96. The molecule has 0 bridgehead atoms. The molecule has 0 aromatic carbocycles. The molecule has 3 N–H and O–H groups in total. The second-order valence-corrected chi connectivity index (χ2v) is 9.22. The summed E-state index contributed by atoms with van der Waals surface area (Å²) < 4.78 is 13.3. The summed E-state index contributed by atoms with van der Waals surface area (Å²) in [4.78, 5) is 27.9. The largest absolute Gasteiger partial charge is 0.449 e. The fourth-order valence-electron chi connectivity index (χ4n) is 4.96. The van der Waals surface area contributed by atoms with Gasteiger partial charge in [0, 0.05) is 38.6 Å². The van der Waals surface area contributed by atoms with Crippen LogP contribution < -0.4 is 11.1 Å². The number of imidazole rings is 1. The van der Waals surface area contributed by atoms with E-state index in [1.807, 2.05) is 9.47 Å². The molecule has 2 aromatic heterocycles. The molecule has 3 saturated heterocycles. The Morgan fingerprint density at radius 3 is 2.84 bits per heavy atom. The Morgan fingerprint density at radius 1 is 1.22 bits per heavy atom. The smallest absolute Gasteiger partial charge is 0.409 e. The number of carbonyl (C=O) groups is 1. The lowest BCUT2D eigenvalue weighted by molar-refractivity contribution is 0.0592. The lowest BCUT2D eigenvalue weighted by Gasteiger charge is -2.31. The summed E-state index contributed by atoms with van der Waals surface area (Å²) in [5, 5.41) is 3.30. The van der Waals surface area contributed by atoms with E-state index in [1.54, 1.807) is 6.33 Å². The summed E-state index contributed by atoms with van der Waals surface area (Å²) in [5.41, 5.74) is 7.57. The second kappa shape index (κ2) is 9.58. The Morgan fingerprint density at radius 2 is 2.09 bits per heavy atom. The quantitative estimate of drug-likeness (QED) is 0.696. The summed E-state index contributed by atoms with van der Waals surface area (Å²) in [5.74, 6) is 2.18. The van der Waals surface area contributed by atoms with E-state index in [0.717, 1.165) is 89.2 Å². The van der Waals surface area contributed by atoms with Crippen molar-refractivity contribution in [1.29, 1.82) is 0 Å². The number of piperidine rings is 1. The molecular formula is C22H33N7O3. The van der Waals surface area contributed by atoms with Crippen LogP contribution in [0.2, 0.25) is 0 Å². The average Bonchev–Trinajstić information content (AvgIpc) is 3.58. The number of carbonyl (C=O) groups excluding carboxylic acids is 1. The normalized spacial score (nSPS) is 24.4. The van der Waals surface area contributed by atoms with Crippen LogP contribution in [0, 0.1) is 11.8 Å². The van der Waals surface area contributed by atoms with Gasteiger partial charge in [0.1, 0.15) is 17.6 Å². The summed E-state index contributed by atoms with van der Waals surface area (Å²) >= 11 is 0. The first-order valence-corrected chi connectivity index (χ1v) is 11.9. The first-order valence-electron chi connectivity index (χ1n) is 11.9. The molecule has 3 aliphatic heterocycles. The van der Waals surface area contributed by atoms with Gasteiger partial charge in [0.15, 0.2) is 11.5 Å². The molecule has 2 aromatic rings. The molecule has 3 fully saturated rings. The number of amides is 1. The fraction of sp³-hybridized carbons (Fsp3) is 0.727. The van der Waals surface area contributed by atoms with Crippen molar-refractivity contribution in [1.82, 2.24) is 29.7 Å². The highest BCUT2D eigenvalue weighted by molar-refractivity contribution is 5.81. The minimum Gasteiger partial charge on any atom is -0.449 e. The molecule has 5 rings (SSSR count). The van der Waals surface area contributed by atoms with E-state index in [1.165, 1.54) is 0 Å². The van der Waals surface area contributed by atoms with Gasteiger partial charge in [-0.1, -0.05) is 0 Å². The van der Waals surface area contributed by atoms with E-state index < -0.39 is 0 Å². The zero-order chi connectivity index (χ0) is 21.9. The molecule has 0 spiro atoms. The molecule has 0 aliphatic carbocycles. The van der Waals surface area contributed by atoms with Gasteiger partial charge in [0.25, 0.3) is 0 Å². The topological polar surface area (TPSA) is 120 Å². The first kappa shape index (κ1) is 21.4. The standard InChI is InChI=1S/C22H33N7O3/c23-20-19-21(29(14-25-19)18-2-1-11-31-18)27-17(26-20)4-3-15-6-9-28(10-7-15)22(30)32-13-16-5-8-24-12-16/h14-16,18,24H,1-13H2,(H2,23,26,27)/t16?,18-/m1/s1. The molecule has 5 heterocycles. The highest BCUT2D eigenvalue weighted by Crippen LogP contribution is 2.28. The maximum absolute atomic E-state index is 12.3. The van der Waals surface area contributed by atoms with Gasteiger partial charge >= 0.3 is 6.09 Å². The Bertz CT molecular complexity index is 929. The molecule has 32 heavy (non-hydrogen) atoms. The van der Waals surface area contributed by atoms with Crippen LogP contribution in [0.15, 0.2) is 6.33 Å². The van der Waals surface area contributed by atoms with Crippen molar-refractivity contribution in [3.8, 4) is 0 Å². The van der Waals surface area contributed by atoms with E-state index in [2.05, 4.69) is 15.3 Å². The summed E-state index contributed by atoms with van der Waals surface area (Å²) in [6, 6.07) is 0. The number of likely N-dealkylation sites (tertiary alicyclic amines) is 1. The number of nitrogens with one attached hydrogen (secondary N) is 1. The molecule has 1 unspecified atom stereocenters. The number of aryl methyl sites for hydroxylation is 1. The van der Waals surface area contributed by atoms with Gasteiger partial charge in [-0.15, -0.1) is 0 Å². The number of nitrogens with two attached hydrogens (primary N) is 1. The Balaban J connectivity index is 1.13. The van der Waals surface area contributed by atoms with E-state index in [0.29, 0.717) is 29.8 Å². The molecule has 0 saturated carbocycles. The molecule has 0 radical (unpaired) electrons. The third-order valence-electron chi connectivity index (χ3n) is 6.96. The van der Waals surface area contributed by atoms with Crippen LogP contribution in [0.25, 0.3) is 11.2 Å². The average molecular weight is 444 g/mol. The van der Waals surface area contributed by atoms with E-state index in [9.17, 15) is 4.79 Å². The Labute approximate surface area is 187 Å². The van der Waals surface area contributed by atoms with Crippen molar-refractivity contribution in [3.63, 3.8) is 0 Å². The van der Waals surface area contributed by atoms with Crippen molar-refractivity contribution < 1.29 is 14.3 Å². The predicted octanol–water partition coefficient (Wildman–Crippen LogP) is 2.11. The maximum Gasteiger partial charge on any atom is 0.409 e. The van der Waals surface area contributed by atoms with Gasteiger partial charge in [-0.3, -0.25) is 4.57 Å². The number of nitrogens with zero attached hydrogens (tertiary/aromatic N) is 5. The van der Waals surface area contributed by atoms with Gasteiger partial charge in [-0.25, -0.2) is 19.7 Å². The van der Waals surface area contributed by atoms with E-state index >= 15 is 0 Å². The highest BCUT2D eigenvalue weighted by atomic mass is 16.6. The lowest BCUT2D eigenvalue weighted by Crippen LogP contribution is -2.39. The molecular weight excluding hydrogens is 410 g/mol. The summed E-state index contributed by atoms with van der Waals surface area (Å²) in [6.45, 7) is 4.76. The first-order chi connectivity index (χ1) is 15.7. The molecule has 174 valence electrons. The van der Waals surface area contributed by atoms with Gasteiger partial charge in [-0.2, -0.15) is 0 Å². The lowest BCUT2D eigenvalue weighted by atomic mass is 9.92. The number of fused-ring (bicyclic) bond motifs is 1. The summed E-state index contributed by atoms with van der Waals surface area (Å²) in [7, 11) is 0. The maximum atomic E-state index is 12.3. The summed E-state index contributed by atoms with van der Waals surface area (Å²) in [6.07, 6.45) is 8.37. The Hall–Kier alpha value is -2.46. The van der Waals surface area contributed by atoms with Gasteiger partial charge in [-0.05, 0) is 51.0 Å². The third kappa shape index (κ3) is 4.66. The molecule has 3 aliphatic rings. The van der Waals surface area contributed by atoms with E-state index in [4.69, 9.17) is 20.2 Å². The number of anilines is 1. The second-order valence-electron chi connectivity index (χ2n) is 9.22. The molecule has 10 nitrogen and oxygen atoms in total. The van der Waals surface area contributed by atoms with Crippen LogP contribution in [-0.2, 0) is 15.9 Å². The number of ether oxygens (including phenoxy) is 2. The third-order valence-corrected chi connectivity index (χ3v) is 6.96. The number of hydrogen-bond donors (Lipinski definition) is 2. The van der Waals surface area contributed by atoms with Gasteiger partial charge in [0.2, 0.25) is 0 Å². The van der Waals surface area contributed by atoms with Crippen LogP contribution in [0.1, 0.15) is 50.6 Å². The van der Waals surface area contributed by atoms with Crippen LogP contribution in [0.3, 0.4) is 0 Å². The highest BCUT2D eigenvalue weighted by Gasteiger charge is 2.26. The van der Waals surface area contributed by atoms with Crippen LogP contribution in [-0.4, -0.2) is 69.9 Å².